The molecule has 1 aromatic heterocycles. The Morgan fingerprint density at radius 3 is 1.66 bits per heavy atom. The molecule has 0 amide bonds. The van der Waals surface area contributed by atoms with Crippen molar-refractivity contribution in [2.75, 3.05) is 14.7 Å². The van der Waals surface area contributed by atoms with Gasteiger partial charge in [0, 0.05) is 50.5 Å². The van der Waals surface area contributed by atoms with E-state index < -0.39 is 0 Å². The lowest BCUT2D eigenvalue weighted by Crippen LogP contribution is -2.61. The van der Waals surface area contributed by atoms with Gasteiger partial charge in [0.15, 0.2) is 5.58 Å². The average molecular weight is 880 g/mol. The molecular formula is C63H54BN3O. The Kier molecular flexibility index (Phi) is 10.1. The number of hydrogen-bond acceptors (Lipinski definition) is 4. The van der Waals surface area contributed by atoms with Crippen LogP contribution >= 0.6 is 0 Å². The van der Waals surface area contributed by atoms with Gasteiger partial charge in [0.25, 0.3) is 6.71 Å². The minimum absolute atomic E-state index is 0.0354. The van der Waals surface area contributed by atoms with E-state index in [1.807, 2.05) is 0 Å². The van der Waals surface area contributed by atoms with Crippen molar-refractivity contribution in [2.45, 2.75) is 59.3 Å². The molecular weight excluding hydrogens is 826 g/mol. The first-order chi connectivity index (χ1) is 33.2. The van der Waals surface area contributed by atoms with E-state index in [1.54, 1.807) is 0 Å². The minimum Gasteiger partial charge on any atom is -0.454 e. The Hall–Kier alpha value is -7.76. The van der Waals surface area contributed by atoms with Crippen LogP contribution in [0.15, 0.2) is 205 Å². The van der Waals surface area contributed by atoms with Gasteiger partial charge in [-0.3, -0.25) is 0 Å². The SMILES string of the molecule is CC(C)c1ccc(N2c3ccc(C(C)C)cc3B3c4cc(C(C)C)ccc4N(c4ccccc4-c4ccccc4)c4cc(N(c5ccccc5)c5cccc6c5oc5ccccc56)cc2c43)cc1. The van der Waals surface area contributed by atoms with Crippen LogP contribution in [0.25, 0.3) is 33.1 Å². The maximum Gasteiger partial charge on any atom is 0.252 e. The number of benzene rings is 9. The highest BCUT2D eigenvalue weighted by atomic mass is 16.3. The molecule has 330 valence electrons. The zero-order chi connectivity index (χ0) is 46.2. The van der Waals surface area contributed by atoms with Crippen LogP contribution in [-0.4, -0.2) is 6.71 Å². The molecule has 0 spiro atoms. The lowest BCUT2D eigenvalue weighted by atomic mass is 9.33. The summed E-state index contributed by atoms with van der Waals surface area (Å²) in [5, 5.41) is 2.20. The first-order valence-corrected chi connectivity index (χ1v) is 24.3. The van der Waals surface area contributed by atoms with Crippen molar-refractivity contribution in [1.29, 1.82) is 0 Å². The molecule has 0 saturated heterocycles. The fraction of sp³-hybridized carbons (Fsp3) is 0.143. The summed E-state index contributed by atoms with van der Waals surface area (Å²) in [6.45, 7) is 13.8. The number of anilines is 9. The quantitative estimate of drug-likeness (QED) is 0.135. The van der Waals surface area contributed by atoms with Crippen LogP contribution in [0.3, 0.4) is 0 Å². The Morgan fingerprint density at radius 1 is 0.426 bits per heavy atom. The molecule has 0 unspecified atom stereocenters. The van der Waals surface area contributed by atoms with Gasteiger partial charge in [-0.25, -0.2) is 0 Å². The normalized spacial score (nSPS) is 12.9. The van der Waals surface area contributed by atoms with Gasteiger partial charge in [0.2, 0.25) is 0 Å². The molecule has 0 aliphatic carbocycles. The Balaban J connectivity index is 1.23. The van der Waals surface area contributed by atoms with Crippen LogP contribution in [0.5, 0.6) is 0 Å². The molecule has 68 heavy (non-hydrogen) atoms. The summed E-state index contributed by atoms with van der Waals surface area (Å²) < 4.78 is 6.87. The molecule has 5 heteroatoms. The molecule has 3 heterocycles. The molecule has 4 nitrogen and oxygen atoms in total. The molecule has 0 radical (unpaired) electrons. The number of para-hydroxylation sites is 4. The Morgan fingerprint density at radius 2 is 0.985 bits per heavy atom. The lowest BCUT2D eigenvalue weighted by molar-refractivity contribution is 0.669. The first kappa shape index (κ1) is 41.7. The van der Waals surface area contributed by atoms with Gasteiger partial charge in [-0.2, -0.15) is 0 Å². The standard InChI is InChI=1S/C63H54BN3O/c1-40(2)43-28-32-48(33-29-43)66-56-34-30-45(41(3)4)36-53(56)64-54-37-46(42(5)6)31-35-57(54)67(55-25-15-13-22-50(55)44-18-9-7-10-19-44)60-39-49(38-59(66)62(60)64)65(47-20-11-8-12-21-47)58-26-17-24-52-51-23-14-16-27-61(51)68-63(52)58/h7-42H,1-6H3. The molecule has 12 rings (SSSR count). The van der Waals surface area contributed by atoms with Crippen LogP contribution in [0, 0.1) is 0 Å². The van der Waals surface area contributed by atoms with Crippen molar-refractivity contribution in [1.82, 2.24) is 0 Å². The van der Waals surface area contributed by atoms with Crippen LogP contribution < -0.4 is 31.1 Å². The van der Waals surface area contributed by atoms with E-state index >= 15 is 0 Å². The van der Waals surface area contributed by atoms with Gasteiger partial charge in [-0.05, 0) is 123 Å². The third-order valence-corrected chi connectivity index (χ3v) is 14.4. The maximum absolute atomic E-state index is 6.87. The zero-order valence-electron chi connectivity index (χ0n) is 39.6. The molecule has 0 N–H and O–H groups in total. The van der Waals surface area contributed by atoms with Crippen LogP contribution in [0.1, 0.15) is 76.0 Å². The van der Waals surface area contributed by atoms with E-state index in [0.717, 1.165) is 61.8 Å². The highest BCUT2D eigenvalue weighted by Crippen LogP contribution is 2.51. The van der Waals surface area contributed by atoms with Gasteiger partial charge in [0.1, 0.15) is 5.58 Å². The molecule has 0 bridgehead atoms. The Bertz CT molecular complexity index is 3520. The summed E-state index contributed by atoms with van der Waals surface area (Å²) >= 11 is 0. The largest absolute Gasteiger partial charge is 0.454 e. The number of hydrogen-bond donors (Lipinski definition) is 0. The van der Waals surface area contributed by atoms with E-state index in [2.05, 4.69) is 256 Å². The molecule has 0 atom stereocenters. The number of nitrogens with zero attached hydrogens (tertiary/aromatic N) is 3. The summed E-state index contributed by atoms with van der Waals surface area (Å²) in [7, 11) is 0. The predicted molar refractivity (Wildman–Crippen MR) is 290 cm³/mol. The topological polar surface area (TPSA) is 22.9 Å². The van der Waals surface area contributed by atoms with Crippen LogP contribution in [0.2, 0.25) is 0 Å². The Labute approximate surface area is 400 Å². The summed E-state index contributed by atoms with van der Waals surface area (Å²) in [4.78, 5) is 7.53. The van der Waals surface area contributed by atoms with Gasteiger partial charge in [-0.1, -0.05) is 175 Å². The first-order valence-electron chi connectivity index (χ1n) is 24.3. The number of rotatable bonds is 9. The molecule has 0 saturated carbocycles. The van der Waals surface area contributed by atoms with E-state index in [1.165, 1.54) is 55.6 Å². The summed E-state index contributed by atoms with van der Waals surface area (Å²) in [5.74, 6) is 1.13. The van der Waals surface area contributed by atoms with Gasteiger partial charge >= 0.3 is 0 Å². The summed E-state index contributed by atoms with van der Waals surface area (Å²) in [6, 6.07) is 74.3. The van der Waals surface area contributed by atoms with Crippen LogP contribution in [-0.2, 0) is 0 Å². The highest BCUT2D eigenvalue weighted by molar-refractivity contribution is 7.00. The smallest absolute Gasteiger partial charge is 0.252 e. The van der Waals surface area contributed by atoms with Crippen molar-refractivity contribution in [3.63, 3.8) is 0 Å². The number of furan rings is 1. The van der Waals surface area contributed by atoms with E-state index in [0.29, 0.717) is 17.8 Å². The van der Waals surface area contributed by atoms with Crippen molar-refractivity contribution >= 4 is 96.2 Å². The minimum atomic E-state index is -0.0354. The van der Waals surface area contributed by atoms with Gasteiger partial charge in [0.05, 0.1) is 17.1 Å². The van der Waals surface area contributed by atoms with E-state index in [9.17, 15) is 0 Å². The molecule has 2 aliphatic rings. The molecule has 9 aromatic carbocycles. The maximum atomic E-state index is 6.87. The average Bonchev–Trinajstić information content (AvgIpc) is 3.76. The van der Waals surface area contributed by atoms with Gasteiger partial charge < -0.3 is 19.1 Å². The third-order valence-electron chi connectivity index (χ3n) is 14.4. The number of fused-ring (bicyclic) bond motifs is 7. The highest BCUT2D eigenvalue weighted by Gasteiger charge is 2.45. The van der Waals surface area contributed by atoms with E-state index in [-0.39, 0.29) is 6.71 Å². The van der Waals surface area contributed by atoms with Crippen molar-refractivity contribution < 1.29 is 4.42 Å². The zero-order valence-corrected chi connectivity index (χ0v) is 39.6. The fourth-order valence-electron chi connectivity index (χ4n) is 10.9. The van der Waals surface area contributed by atoms with Crippen molar-refractivity contribution in [2.24, 2.45) is 0 Å². The summed E-state index contributed by atoms with van der Waals surface area (Å²) in [5.41, 5.74) is 22.1. The molecule has 0 fully saturated rings. The monoisotopic (exact) mass is 879 g/mol. The second-order valence-corrected chi connectivity index (χ2v) is 19.5. The third kappa shape index (κ3) is 6.74. The van der Waals surface area contributed by atoms with Crippen molar-refractivity contribution in [3.05, 3.63) is 217 Å². The lowest BCUT2D eigenvalue weighted by Gasteiger charge is -2.45. The molecule has 2 aliphatic heterocycles. The predicted octanol–water partition coefficient (Wildman–Crippen LogP) is 16.2. The molecule has 10 aromatic rings. The fourth-order valence-corrected chi connectivity index (χ4v) is 10.9. The summed E-state index contributed by atoms with van der Waals surface area (Å²) in [6.07, 6.45) is 0. The van der Waals surface area contributed by atoms with Crippen molar-refractivity contribution in [3.8, 4) is 11.1 Å². The van der Waals surface area contributed by atoms with E-state index in [4.69, 9.17) is 4.42 Å². The van der Waals surface area contributed by atoms with Gasteiger partial charge in [-0.15, -0.1) is 0 Å². The van der Waals surface area contributed by atoms with Crippen LogP contribution in [0.4, 0.5) is 51.2 Å². The second-order valence-electron chi connectivity index (χ2n) is 19.5. The second kappa shape index (κ2) is 16.5.